The lowest BCUT2D eigenvalue weighted by Crippen LogP contribution is -2.64. The number of carbonyl (C=O) groups excluding carboxylic acids is 3. The van der Waals surface area contributed by atoms with Crippen LogP contribution in [0.1, 0.15) is 17.5 Å². The highest BCUT2D eigenvalue weighted by atomic mass is 19.4. The van der Waals surface area contributed by atoms with E-state index >= 15 is 0 Å². The number of rotatable bonds is 11. The summed E-state index contributed by atoms with van der Waals surface area (Å²) in [6.45, 7) is 1.53. The molecule has 0 radical (unpaired) electrons. The van der Waals surface area contributed by atoms with Crippen molar-refractivity contribution in [3.8, 4) is 0 Å². The van der Waals surface area contributed by atoms with Gasteiger partial charge in [0.15, 0.2) is 0 Å². The van der Waals surface area contributed by atoms with Gasteiger partial charge in [0.2, 0.25) is 17.7 Å². The van der Waals surface area contributed by atoms with E-state index in [-0.39, 0.29) is 24.9 Å². The molecule has 4 rings (SSSR count). The first-order chi connectivity index (χ1) is 20.9. The van der Waals surface area contributed by atoms with E-state index < -0.39 is 41.5 Å². The van der Waals surface area contributed by atoms with E-state index in [1.807, 2.05) is 18.2 Å². The number of nitrogens with zero attached hydrogens (tertiary/aromatic N) is 2. The van der Waals surface area contributed by atoms with E-state index in [2.05, 4.69) is 26.4 Å². The van der Waals surface area contributed by atoms with Crippen molar-refractivity contribution in [2.24, 2.45) is 17.2 Å². The molecule has 0 bridgehead atoms. The van der Waals surface area contributed by atoms with Crippen LogP contribution in [-0.4, -0.2) is 78.1 Å². The Kier molecular flexibility index (Phi) is 10.8. The van der Waals surface area contributed by atoms with Gasteiger partial charge in [-0.15, -0.1) is 0 Å². The summed E-state index contributed by atoms with van der Waals surface area (Å²) in [5.74, 6) is -1.95. The predicted octanol–water partition coefficient (Wildman–Crippen LogP) is 0.228. The van der Waals surface area contributed by atoms with Gasteiger partial charge in [0.05, 0.1) is 35.4 Å². The fraction of sp³-hybridized carbons (Fsp3) is 0.379. The van der Waals surface area contributed by atoms with E-state index in [1.165, 1.54) is 18.3 Å². The average molecular weight is 616 g/mol. The molecule has 1 aliphatic heterocycles. The number of nitrogens with one attached hydrogen (secondary N) is 4. The highest BCUT2D eigenvalue weighted by Crippen LogP contribution is 2.29. The van der Waals surface area contributed by atoms with Crippen LogP contribution < -0.4 is 38.6 Å². The number of anilines is 1. The second-order valence-electron chi connectivity index (χ2n) is 10.6. The molecule has 2 aromatic carbocycles. The van der Waals surface area contributed by atoms with Gasteiger partial charge in [-0.05, 0) is 29.8 Å². The van der Waals surface area contributed by atoms with Crippen LogP contribution in [0.3, 0.4) is 0 Å². The third-order valence-corrected chi connectivity index (χ3v) is 7.16. The zero-order valence-electron chi connectivity index (χ0n) is 23.8. The summed E-state index contributed by atoms with van der Waals surface area (Å²) in [6, 6.07) is 10.5. The largest absolute Gasteiger partial charge is 0.416 e. The minimum atomic E-state index is -4.53. The smallest absolute Gasteiger partial charge is 0.343 e. The molecule has 1 aromatic heterocycles. The molecule has 10 N–H and O–H groups in total. The molecule has 1 fully saturated rings. The molecule has 1 aliphatic rings. The second kappa shape index (κ2) is 14.5. The number of hydrazine groups is 1. The molecule has 2 heterocycles. The van der Waals surface area contributed by atoms with Crippen molar-refractivity contribution in [2.45, 2.75) is 43.2 Å². The molecule has 1 saturated heterocycles. The first-order valence-corrected chi connectivity index (χ1v) is 14.0. The Labute approximate surface area is 251 Å². The summed E-state index contributed by atoms with van der Waals surface area (Å²) in [7, 11) is 0. The van der Waals surface area contributed by atoms with Crippen molar-refractivity contribution in [2.75, 3.05) is 31.5 Å². The Morgan fingerprint density at radius 1 is 1.00 bits per heavy atom. The van der Waals surface area contributed by atoms with Crippen LogP contribution in [0.5, 0.6) is 0 Å². The summed E-state index contributed by atoms with van der Waals surface area (Å²) in [4.78, 5) is 43.4. The number of fused-ring (bicyclic) bond motifs is 1. The number of hydrogen-bond donors (Lipinski definition) is 7. The highest BCUT2D eigenvalue weighted by Gasteiger charge is 2.31. The monoisotopic (exact) mass is 615 g/mol. The quantitative estimate of drug-likeness (QED) is 0.158. The van der Waals surface area contributed by atoms with Gasteiger partial charge in [-0.25, -0.2) is 5.01 Å². The number of alkyl halides is 3. The van der Waals surface area contributed by atoms with Crippen LogP contribution in [0.15, 0.2) is 60.8 Å². The molecule has 4 atom stereocenters. The zero-order chi connectivity index (χ0) is 31.9. The van der Waals surface area contributed by atoms with Crippen molar-refractivity contribution >= 4 is 34.3 Å². The SMILES string of the molecule is NCC1CN(NC(=O)C[C@H](N)C(=O)N[C@@H](Cc2ccc(C(F)(F)F)cc2)C(=O)Nc2cnc3ccccc3c2)CC(CN)N1. The Bertz CT molecular complexity index is 1440. The van der Waals surface area contributed by atoms with Crippen LogP contribution in [0.4, 0.5) is 18.9 Å². The van der Waals surface area contributed by atoms with Crippen molar-refractivity contribution in [3.63, 3.8) is 0 Å². The topological polar surface area (TPSA) is 194 Å². The van der Waals surface area contributed by atoms with Crippen LogP contribution in [0.2, 0.25) is 0 Å². The molecule has 44 heavy (non-hydrogen) atoms. The van der Waals surface area contributed by atoms with Crippen LogP contribution in [0, 0.1) is 0 Å². The van der Waals surface area contributed by atoms with E-state index in [4.69, 9.17) is 17.2 Å². The molecular weight excluding hydrogens is 579 g/mol. The van der Waals surface area contributed by atoms with Crippen molar-refractivity contribution in [3.05, 3.63) is 71.9 Å². The molecule has 3 amide bonds. The third kappa shape index (κ3) is 8.93. The highest BCUT2D eigenvalue weighted by molar-refractivity contribution is 5.99. The van der Waals surface area contributed by atoms with Gasteiger partial charge in [0, 0.05) is 50.1 Å². The lowest BCUT2D eigenvalue weighted by molar-refractivity contribution is -0.137. The number of halogens is 3. The summed E-state index contributed by atoms with van der Waals surface area (Å²) >= 11 is 0. The predicted molar refractivity (Wildman–Crippen MR) is 159 cm³/mol. The summed E-state index contributed by atoms with van der Waals surface area (Å²) in [6.07, 6.45) is -3.61. The Morgan fingerprint density at radius 2 is 1.66 bits per heavy atom. The lowest BCUT2D eigenvalue weighted by Gasteiger charge is -2.38. The number of hydrogen-bond acceptors (Lipinski definition) is 9. The molecule has 15 heteroatoms. The van der Waals surface area contributed by atoms with Gasteiger partial charge in [-0.2, -0.15) is 13.2 Å². The fourth-order valence-corrected chi connectivity index (χ4v) is 4.86. The van der Waals surface area contributed by atoms with Crippen molar-refractivity contribution in [1.82, 2.24) is 26.1 Å². The van der Waals surface area contributed by atoms with Crippen molar-refractivity contribution in [1.29, 1.82) is 0 Å². The first kappa shape index (κ1) is 32.8. The fourth-order valence-electron chi connectivity index (χ4n) is 4.86. The normalized spacial score (nSPS) is 18.8. The number of carbonyl (C=O) groups is 3. The molecule has 0 aliphatic carbocycles. The van der Waals surface area contributed by atoms with Gasteiger partial charge < -0.3 is 33.2 Å². The average Bonchev–Trinajstić information content (AvgIpc) is 3.00. The third-order valence-electron chi connectivity index (χ3n) is 7.16. The van der Waals surface area contributed by atoms with E-state index in [1.54, 1.807) is 17.1 Å². The zero-order valence-corrected chi connectivity index (χ0v) is 23.8. The molecule has 3 aromatic rings. The van der Waals surface area contributed by atoms with Gasteiger partial charge in [0.1, 0.15) is 6.04 Å². The van der Waals surface area contributed by atoms with Gasteiger partial charge in [0.25, 0.3) is 0 Å². The second-order valence-corrected chi connectivity index (χ2v) is 10.6. The number of piperazine rings is 1. The maximum absolute atomic E-state index is 13.4. The summed E-state index contributed by atoms with van der Waals surface area (Å²) in [5, 5.41) is 11.0. The van der Waals surface area contributed by atoms with Crippen molar-refractivity contribution < 1.29 is 27.6 Å². The molecule has 2 unspecified atom stereocenters. The number of nitrogens with two attached hydrogens (primary N) is 3. The minimum Gasteiger partial charge on any atom is -0.343 e. The number of pyridine rings is 1. The standard InChI is InChI=1S/C29H36F3N9O3/c30-29(31,32)19-7-5-17(6-8-19)9-25(28(44)38-20-10-18-3-1-2-4-24(18)36-14-20)39-27(43)23(35)11-26(42)40-41-15-21(12-33)37-22(13-34)16-41/h1-8,10,14,21-23,25,37H,9,11-13,15-16,33-35H2,(H,38,44)(H,39,43)(H,40,42)/t21?,22?,23-,25-/m0/s1. The van der Waals surface area contributed by atoms with Gasteiger partial charge in [-0.1, -0.05) is 30.3 Å². The van der Waals surface area contributed by atoms with Gasteiger partial charge >= 0.3 is 6.18 Å². The number of aromatic nitrogens is 1. The molecule has 236 valence electrons. The Hall–Kier alpha value is -4.15. The Morgan fingerprint density at radius 3 is 2.30 bits per heavy atom. The van der Waals surface area contributed by atoms with Crippen LogP contribution in [0.25, 0.3) is 10.9 Å². The maximum atomic E-state index is 13.4. The summed E-state index contributed by atoms with van der Waals surface area (Å²) < 4.78 is 39.2. The van der Waals surface area contributed by atoms with Crippen LogP contribution in [-0.2, 0) is 27.0 Å². The minimum absolute atomic E-state index is 0.0863. The first-order valence-electron chi connectivity index (χ1n) is 14.0. The number of para-hydroxylation sites is 1. The van der Waals surface area contributed by atoms with E-state index in [0.29, 0.717) is 42.9 Å². The van der Waals surface area contributed by atoms with Crippen LogP contribution >= 0.6 is 0 Å². The van der Waals surface area contributed by atoms with Gasteiger partial charge in [-0.3, -0.25) is 24.8 Å². The number of amides is 3. The molecular formula is C29H36F3N9O3. The molecule has 0 saturated carbocycles. The maximum Gasteiger partial charge on any atom is 0.416 e. The Balaban J connectivity index is 1.44. The van der Waals surface area contributed by atoms with E-state index in [9.17, 15) is 27.6 Å². The number of benzene rings is 2. The summed E-state index contributed by atoms with van der Waals surface area (Å²) in [5.41, 5.74) is 20.9. The van der Waals surface area contributed by atoms with E-state index in [0.717, 1.165) is 17.5 Å². The lowest BCUT2D eigenvalue weighted by atomic mass is 10.0. The molecule has 12 nitrogen and oxygen atoms in total. The molecule has 0 spiro atoms.